The lowest BCUT2D eigenvalue weighted by Crippen LogP contribution is -2.45. The Balaban J connectivity index is 2.39. The van der Waals surface area contributed by atoms with Gasteiger partial charge in [0, 0.05) is 0 Å². The van der Waals surface area contributed by atoms with Crippen LogP contribution in [0.1, 0.15) is 33.1 Å². The predicted molar refractivity (Wildman–Crippen MR) is 62.9 cm³/mol. The highest BCUT2D eigenvalue weighted by Crippen LogP contribution is 2.28. The molecule has 1 heterocycles. The van der Waals surface area contributed by atoms with E-state index in [1.54, 1.807) is 12.1 Å². The summed E-state index contributed by atoms with van der Waals surface area (Å²) >= 11 is 0. The van der Waals surface area contributed by atoms with Gasteiger partial charge in [-0.3, -0.25) is 0 Å². The zero-order valence-corrected chi connectivity index (χ0v) is 10.6. The van der Waals surface area contributed by atoms with Crippen molar-refractivity contribution in [2.75, 3.05) is 19.3 Å². The molecular weight excluding hydrogens is 174 g/mol. The molecule has 0 unspecified atom stereocenters. The van der Waals surface area contributed by atoms with Gasteiger partial charge in [-0.05, 0) is 19.3 Å². The van der Waals surface area contributed by atoms with Crippen molar-refractivity contribution in [2.24, 2.45) is 0 Å². The smallest absolute Gasteiger partial charge is 0.0660 e. The Bertz CT molecular complexity index is 137. The minimum atomic E-state index is -0.816. The lowest BCUT2D eigenvalue weighted by molar-refractivity contribution is 0.345. The molecule has 2 heteroatoms. The van der Waals surface area contributed by atoms with Crippen LogP contribution in [0.15, 0.2) is 0 Å². The summed E-state index contributed by atoms with van der Waals surface area (Å²) in [5, 5.41) is 0. The molecule has 1 saturated heterocycles. The second-order valence-electron chi connectivity index (χ2n) is 4.83. The minimum Gasteiger partial charge on any atom is -0.307 e. The molecule has 0 aromatic carbocycles. The zero-order valence-electron chi connectivity index (χ0n) is 9.60. The van der Waals surface area contributed by atoms with Gasteiger partial charge >= 0.3 is 0 Å². The highest BCUT2D eigenvalue weighted by atomic mass is 28.3. The van der Waals surface area contributed by atoms with E-state index in [4.69, 9.17) is 0 Å². The van der Waals surface area contributed by atoms with Crippen LogP contribution in [0.25, 0.3) is 0 Å². The molecule has 1 aliphatic heterocycles. The molecule has 78 valence electrons. The minimum absolute atomic E-state index is 0.816. The Morgan fingerprint density at radius 1 is 1.00 bits per heavy atom. The van der Waals surface area contributed by atoms with Crippen LogP contribution in [0.5, 0.6) is 0 Å². The standard InChI is InChI=1S/C11H25NSi/c1-4-12(5-2)11-13(3)9-7-6-8-10-13/h4-11H2,1-3H3. The topological polar surface area (TPSA) is 3.24 Å². The average molecular weight is 199 g/mol. The predicted octanol–water partition coefficient (Wildman–Crippen LogP) is 3.13. The maximum absolute atomic E-state index is 2.64. The van der Waals surface area contributed by atoms with E-state index in [-0.39, 0.29) is 0 Å². The van der Waals surface area contributed by atoms with Crippen LogP contribution in [0.4, 0.5) is 0 Å². The third-order valence-corrected chi connectivity index (χ3v) is 7.89. The lowest BCUT2D eigenvalue weighted by atomic mass is 10.3. The fourth-order valence-electron chi connectivity index (χ4n) is 2.55. The largest absolute Gasteiger partial charge is 0.307 e. The second-order valence-corrected chi connectivity index (χ2v) is 9.77. The van der Waals surface area contributed by atoms with Crippen molar-refractivity contribution in [3.8, 4) is 0 Å². The molecule has 0 N–H and O–H groups in total. The quantitative estimate of drug-likeness (QED) is 0.629. The summed E-state index contributed by atoms with van der Waals surface area (Å²) in [7, 11) is -0.816. The molecule has 0 amide bonds. The average Bonchev–Trinajstić information content (AvgIpc) is 2.15. The number of hydrogen-bond acceptors (Lipinski definition) is 1. The van der Waals surface area contributed by atoms with Crippen molar-refractivity contribution >= 4 is 8.07 Å². The summed E-state index contributed by atoms with van der Waals surface area (Å²) in [6.45, 7) is 9.71. The lowest BCUT2D eigenvalue weighted by Gasteiger charge is -2.36. The summed E-state index contributed by atoms with van der Waals surface area (Å²) in [4.78, 5) is 2.64. The monoisotopic (exact) mass is 199 g/mol. The Morgan fingerprint density at radius 2 is 1.54 bits per heavy atom. The van der Waals surface area contributed by atoms with Crippen molar-refractivity contribution in [3.05, 3.63) is 0 Å². The summed E-state index contributed by atoms with van der Waals surface area (Å²) in [6, 6.07) is 3.17. The van der Waals surface area contributed by atoms with Crippen LogP contribution >= 0.6 is 0 Å². The maximum Gasteiger partial charge on any atom is 0.0660 e. The van der Waals surface area contributed by atoms with E-state index in [2.05, 4.69) is 25.3 Å². The Morgan fingerprint density at radius 3 is 2.00 bits per heavy atom. The first-order valence-corrected chi connectivity index (χ1v) is 9.04. The van der Waals surface area contributed by atoms with Crippen molar-refractivity contribution in [1.82, 2.24) is 4.90 Å². The van der Waals surface area contributed by atoms with E-state index in [1.165, 1.54) is 38.5 Å². The molecule has 0 aliphatic carbocycles. The van der Waals surface area contributed by atoms with Crippen LogP contribution in [0, 0.1) is 0 Å². The fourth-order valence-corrected chi connectivity index (χ4v) is 6.85. The van der Waals surface area contributed by atoms with Gasteiger partial charge in [0.1, 0.15) is 0 Å². The summed E-state index contributed by atoms with van der Waals surface area (Å²) < 4.78 is 0. The van der Waals surface area contributed by atoms with Crippen LogP contribution in [-0.2, 0) is 0 Å². The third kappa shape index (κ3) is 3.43. The fraction of sp³-hybridized carbons (Fsp3) is 1.00. The molecule has 0 aromatic heterocycles. The van der Waals surface area contributed by atoms with E-state index in [0.29, 0.717) is 0 Å². The summed E-state index contributed by atoms with van der Waals surface area (Å²) in [6.07, 6.45) is 5.99. The van der Waals surface area contributed by atoms with Crippen LogP contribution in [0.3, 0.4) is 0 Å². The van der Waals surface area contributed by atoms with Crippen molar-refractivity contribution in [2.45, 2.75) is 51.7 Å². The second kappa shape index (κ2) is 5.16. The molecule has 1 aliphatic rings. The van der Waals surface area contributed by atoms with Gasteiger partial charge in [0.05, 0.1) is 8.07 Å². The van der Waals surface area contributed by atoms with Gasteiger partial charge in [-0.15, -0.1) is 0 Å². The van der Waals surface area contributed by atoms with Crippen LogP contribution in [-0.4, -0.2) is 32.2 Å². The number of nitrogens with zero attached hydrogens (tertiary/aromatic N) is 1. The van der Waals surface area contributed by atoms with E-state index >= 15 is 0 Å². The van der Waals surface area contributed by atoms with Crippen LogP contribution in [0.2, 0.25) is 18.6 Å². The van der Waals surface area contributed by atoms with Crippen molar-refractivity contribution in [3.63, 3.8) is 0 Å². The normalized spacial score (nSPS) is 22.2. The maximum atomic E-state index is 2.64. The van der Waals surface area contributed by atoms with Crippen LogP contribution < -0.4 is 0 Å². The molecule has 13 heavy (non-hydrogen) atoms. The van der Waals surface area contributed by atoms with E-state index in [9.17, 15) is 0 Å². The van der Waals surface area contributed by atoms with E-state index in [0.717, 1.165) is 0 Å². The Labute approximate surface area is 84.5 Å². The highest BCUT2D eigenvalue weighted by Gasteiger charge is 2.30. The first-order chi connectivity index (χ1) is 6.20. The molecule has 1 nitrogen and oxygen atoms in total. The molecule has 0 bridgehead atoms. The molecule has 0 saturated carbocycles. The highest BCUT2D eigenvalue weighted by molar-refractivity contribution is 6.79. The molecule has 1 rings (SSSR count). The third-order valence-electron chi connectivity index (χ3n) is 3.56. The molecule has 0 aromatic rings. The van der Waals surface area contributed by atoms with Gasteiger partial charge in [0.2, 0.25) is 0 Å². The molecule has 0 spiro atoms. The van der Waals surface area contributed by atoms with Gasteiger partial charge in [-0.1, -0.05) is 51.7 Å². The Hall–Kier alpha value is 0.177. The molecule has 0 atom stereocenters. The van der Waals surface area contributed by atoms with Crippen molar-refractivity contribution in [1.29, 1.82) is 0 Å². The summed E-state index contributed by atoms with van der Waals surface area (Å²) in [5.74, 6) is 0. The SMILES string of the molecule is CCN(CC)C[Si]1(C)CCCCC1. The number of rotatable bonds is 4. The van der Waals surface area contributed by atoms with Gasteiger partial charge in [-0.25, -0.2) is 0 Å². The summed E-state index contributed by atoms with van der Waals surface area (Å²) in [5.41, 5.74) is 0. The zero-order chi connectivity index (χ0) is 9.73. The van der Waals surface area contributed by atoms with Gasteiger partial charge < -0.3 is 4.90 Å². The Kier molecular flexibility index (Phi) is 4.46. The van der Waals surface area contributed by atoms with Gasteiger partial charge in [0.15, 0.2) is 0 Å². The van der Waals surface area contributed by atoms with E-state index < -0.39 is 8.07 Å². The molecular formula is C11H25NSi. The number of hydrogen-bond donors (Lipinski definition) is 0. The van der Waals surface area contributed by atoms with E-state index in [1.807, 2.05) is 0 Å². The first-order valence-electron chi connectivity index (χ1n) is 5.92. The first kappa shape index (κ1) is 11.3. The molecule has 1 fully saturated rings. The van der Waals surface area contributed by atoms with Gasteiger partial charge in [-0.2, -0.15) is 0 Å². The van der Waals surface area contributed by atoms with Crippen molar-refractivity contribution < 1.29 is 0 Å². The molecule has 0 radical (unpaired) electrons. The van der Waals surface area contributed by atoms with Gasteiger partial charge in [0.25, 0.3) is 0 Å².